The third-order valence-corrected chi connectivity index (χ3v) is 8.43. The van der Waals surface area contributed by atoms with Gasteiger partial charge < -0.3 is 0 Å². The molecule has 1 heterocycles. The number of amides is 1. The molecule has 6 nitrogen and oxygen atoms in total. The highest BCUT2D eigenvalue weighted by Gasteiger charge is 2.29. The van der Waals surface area contributed by atoms with Crippen LogP contribution < -0.4 is 5.32 Å². The summed E-state index contributed by atoms with van der Waals surface area (Å²) in [6.45, 7) is 0. The second-order valence-electron chi connectivity index (χ2n) is 7.84. The van der Waals surface area contributed by atoms with Crippen LogP contribution in [-0.2, 0) is 10.0 Å². The summed E-state index contributed by atoms with van der Waals surface area (Å²) in [7, 11) is -1.97. The van der Waals surface area contributed by atoms with Crippen LogP contribution in [0.25, 0.3) is 11.3 Å². The Labute approximate surface area is 191 Å². The van der Waals surface area contributed by atoms with E-state index in [1.54, 1.807) is 24.6 Å². The number of thiazole rings is 1. The van der Waals surface area contributed by atoms with E-state index in [9.17, 15) is 17.6 Å². The van der Waals surface area contributed by atoms with Crippen LogP contribution in [0, 0.1) is 5.82 Å². The van der Waals surface area contributed by atoms with Crippen molar-refractivity contribution in [3.63, 3.8) is 0 Å². The second-order valence-corrected chi connectivity index (χ2v) is 10.7. The summed E-state index contributed by atoms with van der Waals surface area (Å²) >= 11 is 1.26. The molecule has 0 atom stereocenters. The Morgan fingerprint density at radius 3 is 2.38 bits per heavy atom. The Morgan fingerprint density at radius 2 is 1.72 bits per heavy atom. The molecule has 9 heteroatoms. The third kappa shape index (κ3) is 4.90. The van der Waals surface area contributed by atoms with Crippen LogP contribution in [0.15, 0.2) is 58.8 Å². The van der Waals surface area contributed by atoms with Gasteiger partial charge in [-0.3, -0.25) is 10.1 Å². The van der Waals surface area contributed by atoms with Gasteiger partial charge >= 0.3 is 0 Å². The van der Waals surface area contributed by atoms with Gasteiger partial charge in [0.05, 0.1) is 10.6 Å². The van der Waals surface area contributed by atoms with Crippen LogP contribution in [0.4, 0.5) is 9.52 Å². The van der Waals surface area contributed by atoms with E-state index in [2.05, 4.69) is 10.3 Å². The Balaban J connectivity index is 1.43. The number of sulfonamides is 1. The first-order valence-corrected chi connectivity index (χ1v) is 12.8. The lowest BCUT2D eigenvalue weighted by Crippen LogP contribution is -2.38. The number of benzene rings is 2. The van der Waals surface area contributed by atoms with Gasteiger partial charge in [-0.05, 0) is 61.4 Å². The van der Waals surface area contributed by atoms with Gasteiger partial charge in [0.25, 0.3) is 5.91 Å². The summed E-state index contributed by atoms with van der Waals surface area (Å²) in [5, 5.41) is 4.91. The zero-order valence-corrected chi connectivity index (χ0v) is 19.3. The quantitative estimate of drug-likeness (QED) is 0.537. The minimum Gasteiger partial charge on any atom is -0.298 e. The van der Waals surface area contributed by atoms with Crippen LogP contribution in [0.1, 0.15) is 42.5 Å². The molecule has 1 saturated carbocycles. The van der Waals surface area contributed by atoms with Crippen molar-refractivity contribution in [3.8, 4) is 11.3 Å². The molecule has 0 bridgehead atoms. The number of carbonyl (C=O) groups is 1. The van der Waals surface area contributed by atoms with Crippen LogP contribution in [0.3, 0.4) is 0 Å². The Kier molecular flexibility index (Phi) is 6.68. The third-order valence-electron chi connectivity index (χ3n) is 5.75. The summed E-state index contributed by atoms with van der Waals surface area (Å²) in [5.74, 6) is -0.706. The lowest BCUT2D eigenvalue weighted by molar-refractivity contribution is 0.102. The van der Waals surface area contributed by atoms with E-state index in [1.807, 2.05) is 0 Å². The molecule has 1 aliphatic rings. The van der Waals surface area contributed by atoms with E-state index >= 15 is 0 Å². The van der Waals surface area contributed by atoms with Crippen molar-refractivity contribution >= 4 is 32.4 Å². The second kappa shape index (κ2) is 9.48. The number of hydrogen-bond donors (Lipinski definition) is 1. The molecule has 3 aromatic rings. The topological polar surface area (TPSA) is 79.4 Å². The Hall–Kier alpha value is -2.62. The lowest BCUT2D eigenvalue weighted by atomic mass is 9.96. The minimum atomic E-state index is -3.61. The summed E-state index contributed by atoms with van der Waals surface area (Å²) in [4.78, 5) is 17.1. The maximum absolute atomic E-state index is 13.1. The van der Waals surface area contributed by atoms with E-state index in [-0.39, 0.29) is 22.7 Å². The normalized spacial score (nSPS) is 15.1. The predicted octanol–water partition coefficient (Wildman–Crippen LogP) is 5.15. The number of rotatable bonds is 6. The highest BCUT2D eigenvalue weighted by molar-refractivity contribution is 7.89. The molecule has 1 N–H and O–H groups in total. The molecular weight excluding hydrogens is 449 g/mol. The molecular formula is C23H24FN3O3S2. The largest absolute Gasteiger partial charge is 0.298 e. The van der Waals surface area contributed by atoms with Crippen molar-refractivity contribution < 1.29 is 17.6 Å². The van der Waals surface area contributed by atoms with E-state index in [1.165, 1.54) is 52.0 Å². The molecule has 32 heavy (non-hydrogen) atoms. The van der Waals surface area contributed by atoms with Crippen LogP contribution in [0.2, 0.25) is 0 Å². The van der Waals surface area contributed by atoms with E-state index in [0.717, 1.165) is 37.7 Å². The Morgan fingerprint density at radius 1 is 1.06 bits per heavy atom. The SMILES string of the molecule is CN(C1CCCCC1)S(=O)(=O)c1ccc(C(=O)Nc2nc(-c3ccc(F)cc3)cs2)cc1. The maximum Gasteiger partial charge on any atom is 0.257 e. The van der Waals surface area contributed by atoms with Gasteiger partial charge in [0.2, 0.25) is 10.0 Å². The van der Waals surface area contributed by atoms with Crippen LogP contribution in [0.5, 0.6) is 0 Å². The summed E-state index contributed by atoms with van der Waals surface area (Å²) < 4.78 is 40.5. The fourth-order valence-corrected chi connectivity index (χ4v) is 5.97. The van der Waals surface area contributed by atoms with E-state index in [4.69, 9.17) is 0 Å². The van der Waals surface area contributed by atoms with Crippen LogP contribution in [-0.4, -0.2) is 36.7 Å². The fourth-order valence-electron chi connectivity index (χ4n) is 3.84. The molecule has 4 rings (SSSR count). The van der Waals surface area contributed by atoms with Crippen LogP contribution >= 0.6 is 11.3 Å². The molecule has 0 radical (unpaired) electrons. The number of aromatic nitrogens is 1. The molecule has 0 aliphatic heterocycles. The zero-order valence-electron chi connectivity index (χ0n) is 17.6. The molecule has 1 fully saturated rings. The van der Waals surface area contributed by atoms with Gasteiger partial charge in [-0.2, -0.15) is 4.31 Å². The smallest absolute Gasteiger partial charge is 0.257 e. The van der Waals surface area contributed by atoms with Crippen molar-refractivity contribution in [3.05, 3.63) is 65.3 Å². The van der Waals surface area contributed by atoms with Gasteiger partial charge in [0.15, 0.2) is 5.13 Å². The van der Waals surface area contributed by atoms with Gasteiger partial charge in [-0.15, -0.1) is 11.3 Å². The van der Waals surface area contributed by atoms with Crippen molar-refractivity contribution in [2.24, 2.45) is 0 Å². The average molecular weight is 474 g/mol. The summed E-state index contributed by atoms with van der Waals surface area (Å²) in [5.41, 5.74) is 1.72. The van der Waals surface area contributed by atoms with Crippen molar-refractivity contribution in [2.75, 3.05) is 12.4 Å². The predicted molar refractivity (Wildman–Crippen MR) is 124 cm³/mol. The average Bonchev–Trinajstić information content (AvgIpc) is 3.28. The number of halogens is 1. The molecule has 0 unspecified atom stereocenters. The van der Waals surface area contributed by atoms with Gasteiger partial charge in [-0.1, -0.05) is 19.3 Å². The Bertz CT molecular complexity index is 1190. The van der Waals surface area contributed by atoms with E-state index in [0.29, 0.717) is 16.4 Å². The maximum atomic E-state index is 13.1. The standard InChI is InChI=1S/C23H24FN3O3S2/c1-27(19-5-3-2-4-6-19)32(29,30)20-13-9-17(10-14-20)22(28)26-23-25-21(15-31-23)16-7-11-18(24)12-8-16/h7-15,19H,2-6H2,1H3,(H,25,26,28). The zero-order chi connectivity index (χ0) is 22.7. The molecule has 168 valence electrons. The first-order chi connectivity index (χ1) is 15.3. The molecule has 0 saturated heterocycles. The highest BCUT2D eigenvalue weighted by Crippen LogP contribution is 2.27. The first-order valence-electron chi connectivity index (χ1n) is 10.5. The lowest BCUT2D eigenvalue weighted by Gasteiger charge is -2.30. The van der Waals surface area contributed by atoms with Crippen molar-refractivity contribution in [1.29, 1.82) is 0 Å². The van der Waals surface area contributed by atoms with E-state index < -0.39 is 10.0 Å². The van der Waals surface area contributed by atoms with Gasteiger partial charge in [-0.25, -0.2) is 17.8 Å². The van der Waals surface area contributed by atoms with Crippen molar-refractivity contribution in [1.82, 2.24) is 9.29 Å². The van der Waals surface area contributed by atoms with Crippen molar-refractivity contribution in [2.45, 2.75) is 43.0 Å². The molecule has 0 spiro atoms. The fraction of sp³-hybridized carbons (Fsp3) is 0.304. The summed E-state index contributed by atoms with van der Waals surface area (Å²) in [6.07, 6.45) is 5.00. The molecule has 2 aromatic carbocycles. The molecule has 1 aliphatic carbocycles. The highest BCUT2D eigenvalue weighted by atomic mass is 32.2. The summed E-state index contributed by atoms with van der Waals surface area (Å²) in [6, 6.07) is 11.9. The van der Waals surface area contributed by atoms with Gasteiger partial charge in [0.1, 0.15) is 5.82 Å². The molecule has 1 aromatic heterocycles. The first kappa shape index (κ1) is 22.6. The minimum absolute atomic E-state index is 0.0249. The monoisotopic (exact) mass is 473 g/mol. The van der Waals surface area contributed by atoms with Gasteiger partial charge in [0, 0.05) is 29.6 Å². The number of nitrogens with zero attached hydrogens (tertiary/aromatic N) is 2. The number of nitrogens with one attached hydrogen (secondary N) is 1. The number of anilines is 1. The number of hydrogen-bond acceptors (Lipinski definition) is 5. The molecule has 1 amide bonds. The number of carbonyl (C=O) groups excluding carboxylic acids is 1.